The quantitative estimate of drug-likeness (QED) is 0.858. The number of thiophene rings is 2. The molecule has 2 aromatic heterocycles. The Bertz CT molecular complexity index is 540. The topological polar surface area (TPSA) is 21.3 Å². The number of methoxy groups -OCH3 is 1. The summed E-state index contributed by atoms with van der Waals surface area (Å²) in [5, 5.41) is 5.91. The highest BCUT2D eigenvalue weighted by Gasteiger charge is 2.30. The van der Waals surface area contributed by atoms with Crippen LogP contribution in [0.2, 0.25) is 4.34 Å². The predicted octanol–water partition coefficient (Wildman–Crippen LogP) is 4.71. The molecule has 1 aliphatic rings. The Morgan fingerprint density at radius 2 is 2.20 bits per heavy atom. The molecular weight excluding hydrogens is 310 g/mol. The van der Waals surface area contributed by atoms with Crippen molar-refractivity contribution in [2.24, 2.45) is 0 Å². The second-order valence-corrected chi connectivity index (χ2v) is 7.79. The van der Waals surface area contributed by atoms with E-state index in [0.29, 0.717) is 12.1 Å². The molecule has 5 heteroatoms. The van der Waals surface area contributed by atoms with Crippen LogP contribution in [-0.4, -0.2) is 19.3 Å². The zero-order chi connectivity index (χ0) is 13.9. The zero-order valence-corrected chi connectivity index (χ0v) is 13.7. The summed E-state index contributed by atoms with van der Waals surface area (Å²) in [5.74, 6) is 0. The highest BCUT2D eigenvalue weighted by atomic mass is 35.5. The molecule has 0 spiro atoms. The number of halogens is 1. The minimum Gasteiger partial charge on any atom is -0.380 e. The lowest BCUT2D eigenvalue weighted by Gasteiger charge is -2.25. The Labute approximate surface area is 132 Å². The van der Waals surface area contributed by atoms with E-state index in [2.05, 4.69) is 28.9 Å². The van der Waals surface area contributed by atoms with Crippen molar-refractivity contribution in [1.82, 2.24) is 5.32 Å². The van der Waals surface area contributed by atoms with Crippen molar-refractivity contribution in [3.05, 3.63) is 43.7 Å². The maximum atomic E-state index is 6.11. The van der Waals surface area contributed by atoms with E-state index in [1.54, 1.807) is 22.7 Å². The van der Waals surface area contributed by atoms with Gasteiger partial charge in [-0.15, -0.1) is 22.7 Å². The first-order valence-electron chi connectivity index (χ1n) is 6.85. The van der Waals surface area contributed by atoms with Crippen molar-refractivity contribution >= 4 is 34.3 Å². The van der Waals surface area contributed by atoms with Crippen molar-refractivity contribution in [3.8, 4) is 0 Å². The molecule has 3 rings (SSSR count). The van der Waals surface area contributed by atoms with Crippen LogP contribution in [0.3, 0.4) is 0 Å². The maximum absolute atomic E-state index is 6.11. The average molecular weight is 328 g/mol. The fourth-order valence-electron chi connectivity index (χ4n) is 2.86. The number of hydrogen-bond acceptors (Lipinski definition) is 4. The van der Waals surface area contributed by atoms with Gasteiger partial charge in [-0.3, -0.25) is 5.32 Å². The Morgan fingerprint density at radius 3 is 2.85 bits per heavy atom. The van der Waals surface area contributed by atoms with Crippen LogP contribution in [0, 0.1) is 0 Å². The van der Waals surface area contributed by atoms with Crippen molar-refractivity contribution < 1.29 is 4.74 Å². The van der Waals surface area contributed by atoms with E-state index in [-0.39, 0.29) is 6.04 Å². The Balaban J connectivity index is 1.83. The lowest BCUT2D eigenvalue weighted by atomic mass is 10.1. The van der Waals surface area contributed by atoms with Crippen molar-refractivity contribution in [1.29, 1.82) is 0 Å². The van der Waals surface area contributed by atoms with E-state index in [0.717, 1.165) is 10.8 Å². The highest BCUT2D eigenvalue weighted by molar-refractivity contribution is 7.16. The number of ether oxygens (including phenoxy) is 1. The summed E-state index contributed by atoms with van der Waals surface area (Å²) >= 11 is 9.55. The van der Waals surface area contributed by atoms with E-state index >= 15 is 0 Å². The fraction of sp³-hybridized carbons (Fsp3) is 0.467. The van der Waals surface area contributed by atoms with E-state index < -0.39 is 0 Å². The number of hydrogen-bond donors (Lipinski definition) is 1. The van der Waals surface area contributed by atoms with Crippen LogP contribution < -0.4 is 5.32 Å². The minimum atomic E-state index is 0.230. The van der Waals surface area contributed by atoms with Crippen LogP contribution >= 0.6 is 34.3 Å². The van der Waals surface area contributed by atoms with Gasteiger partial charge in [-0.2, -0.15) is 0 Å². The van der Waals surface area contributed by atoms with Gasteiger partial charge in [0.05, 0.1) is 16.5 Å². The number of nitrogens with one attached hydrogen (secondary N) is 1. The molecule has 0 aromatic carbocycles. The lowest BCUT2D eigenvalue weighted by Crippen LogP contribution is -2.39. The SMILES string of the molecule is COC1CCCC1NC(c1cccs1)c1ccc(Cl)s1. The first kappa shape index (κ1) is 14.5. The van der Waals surface area contributed by atoms with Crippen LogP contribution in [0.1, 0.15) is 35.1 Å². The van der Waals surface area contributed by atoms with Gasteiger partial charge in [0.15, 0.2) is 0 Å². The predicted molar refractivity (Wildman–Crippen MR) is 87.1 cm³/mol. The third-order valence-electron chi connectivity index (χ3n) is 3.84. The average Bonchev–Trinajstić information content (AvgIpc) is 3.17. The normalized spacial score (nSPS) is 24.1. The maximum Gasteiger partial charge on any atom is 0.0931 e. The van der Waals surface area contributed by atoms with E-state index in [9.17, 15) is 0 Å². The van der Waals surface area contributed by atoms with Crippen molar-refractivity contribution in [2.45, 2.75) is 37.5 Å². The first-order valence-corrected chi connectivity index (χ1v) is 8.93. The molecule has 2 heterocycles. The van der Waals surface area contributed by atoms with Crippen LogP contribution in [-0.2, 0) is 4.74 Å². The third kappa shape index (κ3) is 3.10. The first-order chi connectivity index (χ1) is 9.78. The summed E-state index contributed by atoms with van der Waals surface area (Å²) < 4.78 is 6.45. The largest absolute Gasteiger partial charge is 0.380 e. The van der Waals surface area contributed by atoms with Gasteiger partial charge in [-0.1, -0.05) is 17.7 Å². The molecule has 1 aliphatic carbocycles. The molecular formula is C15H18ClNOS2. The molecule has 2 aromatic rings. The second-order valence-electron chi connectivity index (χ2n) is 5.07. The fourth-order valence-corrected chi connectivity index (χ4v) is 4.87. The van der Waals surface area contributed by atoms with E-state index in [1.165, 1.54) is 22.6 Å². The summed E-state index contributed by atoms with van der Waals surface area (Å²) in [7, 11) is 1.81. The smallest absolute Gasteiger partial charge is 0.0931 e. The Hall–Kier alpha value is -0.390. The van der Waals surface area contributed by atoms with Crippen molar-refractivity contribution in [3.63, 3.8) is 0 Å². The van der Waals surface area contributed by atoms with E-state index in [1.807, 2.05) is 13.2 Å². The van der Waals surface area contributed by atoms with Gasteiger partial charge in [0, 0.05) is 22.9 Å². The van der Waals surface area contributed by atoms with Gasteiger partial charge in [0.1, 0.15) is 0 Å². The van der Waals surface area contributed by atoms with Crippen LogP contribution in [0.25, 0.3) is 0 Å². The van der Waals surface area contributed by atoms with Gasteiger partial charge < -0.3 is 4.74 Å². The number of rotatable bonds is 5. The third-order valence-corrected chi connectivity index (χ3v) is 6.08. The van der Waals surface area contributed by atoms with Crippen LogP contribution in [0.5, 0.6) is 0 Å². The summed E-state index contributed by atoms with van der Waals surface area (Å²) in [6.45, 7) is 0. The van der Waals surface area contributed by atoms with Crippen LogP contribution in [0.4, 0.5) is 0 Å². The Morgan fingerprint density at radius 1 is 1.30 bits per heavy atom. The molecule has 0 radical (unpaired) electrons. The summed E-state index contributed by atoms with van der Waals surface area (Å²) in [4.78, 5) is 2.62. The second kappa shape index (κ2) is 6.58. The minimum absolute atomic E-state index is 0.230. The molecule has 2 nitrogen and oxygen atoms in total. The molecule has 1 saturated carbocycles. The Kier molecular flexibility index (Phi) is 4.79. The molecule has 3 unspecified atom stereocenters. The van der Waals surface area contributed by atoms with Gasteiger partial charge >= 0.3 is 0 Å². The lowest BCUT2D eigenvalue weighted by molar-refractivity contribution is 0.0830. The summed E-state index contributed by atoms with van der Waals surface area (Å²) in [6.07, 6.45) is 3.89. The molecule has 0 bridgehead atoms. The molecule has 0 aliphatic heterocycles. The van der Waals surface area contributed by atoms with Gasteiger partial charge in [0.25, 0.3) is 0 Å². The van der Waals surface area contributed by atoms with Gasteiger partial charge in [-0.05, 0) is 42.8 Å². The van der Waals surface area contributed by atoms with Gasteiger partial charge in [0.2, 0.25) is 0 Å². The van der Waals surface area contributed by atoms with Crippen molar-refractivity contribution in [2.75, 3.05) is 7.11 Å². The zero-order valence-electron chi connectivity index (χ0n) is 11.3. The molecule has 0 amide bonds. The summed E-state index contributed by atoms with van der Waals surface area (Å²) in [6, 6.07) is 9.05. The molecule has 1 fully saturated rings. The highest BCUT2D eigenvalue weighted by Crippen LogP contribution is 2.35. The monoisotopic (exact) mass is 327 g/mol. The molecule has 20 heavy (non-hydrogen) atoms. The molecule has 108 valence electrons. The molecule has 1 N–H and O–H groups in total. The van der Waals surface area contributed by atoms with Crippen LogP contribution in [0.15, 0.2) is 29.6 Å². The summed E-state index contributed by atoms with van der Waals surface area (Å²) in [5.41, 5.74) is 0. The standard InChI is InChI=1S/C15H18ClNOS2/c1-18-11-5-2-4-10(11)17-15(12-6-3-9-19-12)13-7-8-14(16)20-13/h3,6-11,15,17H,2,4-5H2,1H3. The molecule has 0 saturated heterocycles. The van der Waals surface area contributed by atoms with Gasteiger partial charge in [-0.25, -0.2) is 0 Å². The molecule has 3 atom stereocenters. The van der Waals surface area contributed by atoms with E-state index in [4.69, 9.17) is 16.3 Å².